The third kappa shape index (κ3) is 6.09. The number of nitrogens with zero attached hydrogens (tertiary/aromatic N) is 3. The number of carbonyl (C=O) groups excluding carboxylic acids is 1. The van der Waals surface area contributed by atoms with Gasteiger partial charge in [-0.25, -0.2) is 0 Å². The summed E-state index contributed by atoms with van der Waals surface area (Å²) in [6.07, 6.45) is 4.78. The quantitative estimate of drug-likeness (QED) is 0.390. The van der Waals surface area contributed by atoms with Crippen LogP contribution < -0.4 is 5.32 Å². The normalized spacial score (nSPS) is 23.2. The van der Waals surface area contributed by atoms with E-state index in [1.165, 1.54) is 18.4 Å². The van der Waals surface area contributed by atoms with Crippen LogP contribution in [0.4, 0.5) is 0 Å². The zero-order valence-corrected chi connectivity index (χ0v) is 19.8. The molecule has 2 saturated heterocycles. The number of carbonyl (C=O) groups is 1. The van der Waals surface area contributed by atoms with Gasteiger partial charge >= 0.3 is 0 Å². The van der Waals surface area contributed by atoms with Gasteiger partial charge < -0.3 is 15.1 Å². The molecule has 0 spiro atoms. The van der Waals surface area contributed by atoms with Crippen LogP contribution >= 0.6 is 24.0 Å². The van der Waals surface area contributed by atoms with E-state index in [0.717, 1.165) is 57.1 Å². The van der Waals surface area contributed by atoms with Gasteiger partial charge in [0, 0.05) is 45.3 Å². The number of hydrogen-bond acceptors (Lipinski definition) is 2. The van der Waals surface area contributed by atoms with Crippen LogP contribution in [0.25, 0.3) is 0 Å². The fraction of sp³-hybridized carbons (Fsp3) is 0.636. The summed E-state index contributed by atoms with van der Waals surface area (Å²) >= 11 is 0. The van der Waals surface area contributed by atoms with Gasteiger partial charge in [0.2, 0.25) is 0 Å². The highest BCUT2D eigenvalue weighted by atomic mass is 127. The number of rotatable bonds is 3. The molecule has 2 aliphatic rings. The Morgan fingerprint density at radius 1 is 1.04 bits per heavy atom. The molecule has 28 heavy (non-hydrogen) atoms. The van der Waals surface area contributed by atoms with Crippen molar-refractivity contribution in [2.75, 3.05) is 33.2 Å². The van der Waals surface area contributed by atoms with E-state index in [1.807, 2.05) is 24.1 Å². The van der Waals surface area contributed by atoms with E-state index in [1.54, 1.807) is 0 Å². The zero-order chi connectivity index (χ0) is 19.2. The number of aliphatic imine (C=N–C) groups is 1. The van der Waals surface area contributed by atoms with E-state index in [0.29, 0.717) is 11.8 Å². The first kappa shape index (κ1) is 23.0. The van der Waals surface area contributed by atoms with Crippen LogP contribution in [0.15, 0.2) is 29.3 Å². The lowest BCUT2D eigenvalue weighted by Gasteiger charge is -2.37. The summed E-state index contributed by atoms with van der Waals surface area (Å²) in [5.74, 6) is 2.54. The van der Waals surface area contributed by atoms with Crippen molar-refractivity contribution >= 4 is 35.8 Å². The Kier molecular flexibility index (Phi) is 9.05. The minimum absolute atomic E-state index is 0. The highest BCUT2D eigenvalue weighted by Crippen LogP contribution is 2.21. The number of guanidine groups is 1. The molecule has 156 valence electrons. The smallest absolute Gasteiger partial charge is 0.253 e. The predicted octanol–water partition coefficient (Wildman–Crippen LogP) is 3.98. The van der Waals surface area contributed by atoms with Crippen molar-refractivity contribution in [1.82, 2.24) is 15.1 Å². The monoisotopic (exact) mass is 498 g/mol. The number of benzene rings is 1. The van der Waals surface area contributed by atoms with Crippen LogP contribution in [-0.2, 0) is 6.54 Å². The first-order valence-corrected chi connectivity index (χ1v) is 10.4. The van der Waals surface area contributed by atoms with Crippen LogP contribution in [0.5, 0.6) is 0 Å². The molecule has 1 aromatic carbocycles. The Morgan fingerprint density at radius 2 is 1.64 bits per heavy atom. The second kappa shape index (κ2) is 11.0. The van der Waals surface area contributed by atoms with Crippen LogP contribution in [0, 0.1) is 11.8 Å². The Bertz CT molecular complexity index is 645. The van der Waals surface area contributed by atoms with E-state index >= 15 is 0 Å². The molecular weight excluding hydrogens is 463 g/mol. The Balaban J connectivity index is 0.00000280. The lowest BCUT2D eigenvalue weighted by molar-refractivity contribution is 0.0724. The third-order valence-corrected chi connectivity index (χ3v) is 5.67. The first-order valence-electron chi connectivity index (χ1n) is 10.4. The number of halogens is 1. The molecule has 0 aromatic heterocycles. The van der Waals surface area contributed by atoms with E-state index in [4.69, 9.17) is 0 Å². The molecule has 1 aromatic rings. The fourth-order valence-electron chi connectivity index (χ4n) is 4.39. The minimum atomic E-state index is 0. The van der Waals surface area contributed by atoms with Gasteiger partial charge in [-0.2, -0.15) is 0 Å². The van der Waals surface area contributed by atoms with Crippen LogP contribution in [-0.4, -0.2) is 54.9 Å². The van der Waals surface area contributed by atoms with Gasteiger partial charge in [0.1, 0.15) is 0 Å². The number of hydrogen-bond donors (Lipinski definition) is 1. The highest BCUT2D eigenvalue weighted by Gasteiger charge is 2.24. The molecule has 1 N–H and O–H groups in total. The van der Waals surface area contributed by atoms with Gasteiger partial charge in [-0.1, -0.05) is 26.0 Å². The lowest BCUT2D eigenvalue weighted by atomic mass is 9.92. The predicted molar refractivity (Wildman–Crippen MR) is 126 cm³/mol. The lowest BCUT2D eigenvalue weighted by Crippen LogP contribution is -2.48. The Labute approximate surface area is 187 Å². The average molecular weight is 498 g/mol. The topological polar surface area (TPSA) is 47.9 Å². The van der Waals surface area contributed by atoms with Crippen molar-refractivity contribution < 1.29 is 4.79 Å². The number of piperidine rings is 2. The van der Waals surface area contributed by atoms with Gasteiger partial charge in [-0.15, -0.1) is 24.0 Å². The summed E-state index contributed by atoms with van der Waals surface area (Å²) in [5, 5.41) is 3.49. The third-order valence-electron chi connectivity index (χ3n) is 5.67. The van der Waals surface area contributed by atoms with Crippen LogP contribution in [0.3, 0.4) is 0 Å². The maximum Gasteiger partial charge on any atom is 0.253 e. The van der Waals surface area contributed by atoms with Gasteiger partial charge in [-0.3, -0.25) is 9.79 Å². The molecular formula is C22H35IN4O. The van der Waals surface area contributed by atoms with Crippen molar-refractivity contribution in [2.45, 2.75) is 46.1 Å². The molecule has 1 amide bonds. The fourth-order valence-corrected chi connectivity index (χ4v) is 4.39. The summed E-state index contributed by atoms with van der Waals surface area (Å²) in [6.45, 7) is 9.27. The molecule has 2 fully saturated rings. The SMILES string of the molecule is CN=C(NCc1ccc(C(=O)N2CCCCC2)cc1)N1CC(C)CC(C)C1.I. The average Bonchev–Trinajstić information content (AvgIpc) is 2.68. The summed E-state index contributed by atoms with van der Waals surface area (Å²) in [7, 11) is 1.85. The molecule has 2 unspecified atom stereocenters. The molecule has 0 aliphatic carbocycles. The van der Waals surface area contributed by atoms with Gasteiger partial charge in [0.25, 0.3) is 5.91 Å². The molecule has 0 saturated carbocycles. The van der Waals surface area contributed by atoms with Crippen molar-refractivity contribution in [3.05, 3.63) is 35.4 Å². The first-order chi connectivity index (χ1) is 13.1. The molecule has 5 nitrogen and oxygen atoms in total. The summed E-state index contributed by atoms with van der Waals surface area (Å²) in [5.41, 5.74) is 1.97. The summed E-state index contributed by atoms with van der Waals surface area (Å²) in [6, 6.07) is 8.03. The van der Waals surface area contributed by atoms with Crippen molar-refractivity contribution in [2.24, 2.45) is 16.8 Å². The van der Waals surface area contributed by atoms with Gasteiger partial charge in [0.05, 0.1) is 0 Å². The second-order valence-electron chi connectivity index (χ2n) is 8.30. The van der Waals surface area contributed by atoms with Crippen molar-refractivity contribution in [3.8, 4) is 0 Å². The number of amides is 1. The largest absolute Gasteiger partial charge is 0.352 e. The van der Waals surface area contributed by atoms with Crippen molar-refractivity contribution in [3.63, 3.8) is 0 Å². The van der Waals surface area contributed by atoms with Gasteiger partial charge in [-0.05, 0) is 55.2 Å². The number of nitrogens with one attached hydrogen (secondary N) is 1. The second-order valence-corrected chi connectivity index (χ2v) is 8.30. The van der Waals surface area contributed by atoms with E-state index in [2.05, 4.69) is 41.2 Å². The minimum Gasteiger partial charge on any atom is -0.352 e. The Hall–Kier alpha value is -1.31. The molecule has 3 rings (SSSR count). The van der Waals surface area contributed by atoms with Gasteiger partial charge in [0.15, 0.2) is 5.96 Å². The van der Waals surface area contributed by atoms with Crippen molar-refractivity contribution in [1.29, 1.82) is 0 Å². The van der Waals surface area contributed by atoms with E-state index < -0.39 is 0 Å². The van der Waals surface area contributed by atoms with E-state index in [9.17, 15) is 4.79 Å². The molecule has 0 bridgehead atoms. The van der Waals surface area contributed by atoms with E-state index in [-0.39, 0.29) is 29.9 Å². The summed E-state index contributed by atoms with van der Waals surface area (Å²) < 4.78 is 0. The number of likely N-dealkylation sites (tertiary alicyclic amines) is 2. The zero-order valence-electron chi connectivity index (χ0n) is 17.5. The maximum atomic E-state index is 12.6. The standard InChI is InChI=1S/C22H34N4O.HI/c1-17-13-18(2)16-26(15-17)22(23-3)24-14-19-7-9-20(10-8-19)21(27)25-11-5-4-6-12-25;/h7-10,17-18H,4-6,11-16H2,1-3H3,(H,23,24);1H. The molecule has 2 atom stereocenters. The molecule has 6 heteroatoms. The van der Waals surface area contributed by atoms with Crippen LogP contribution in [0.2, 0.25) is 0 Å². The molecule has 0 radical (unpaired) electrons. The highest BCUT2D eigenvalue weighted by molar-refractivity contribution is 14.0. The Morgan fingerprint density at radius 3 is 2.21 bits per heavy atom. The molecule has 2 heterocycles. The maximum absolute atomic E-state index is 12.6. The summed E-state index contributed by atoms with van der Waals surface area (Å²) in [4.78, 5) is 21.4. The molecule has 2 aliphatic heterocycles. The van der Waals surface area contributed by atoms with Crippen LogP contribution in [0.1, 0.15) is 55.5 Å².